The average Bonchev–Trinajstić information content (AvgIpc) is 1.67. The first-order valence-corrected chi connectivity index (χ1v) is 3.47. The van der Waals surface area contributed by atoms with E-state index in [1.165, 1.54) is 0 Å². The molecule has 0 unspecified atom stereocenters. The van der Waals surface area contributed by atoms with E-state index in [9.17, 15) is 4.57 Å². The van der Waals surface area contributed by atoms with E-state index in [1.54, 1.807) is 6.08 Å². The van der Waals surface area contributed by atoms with Crippen LogP contribution in [0.15, 0.2) is 12.7 Å². The van der Waals surface area contributed by atoms with Crippen LogP contribution in [-0.4, -0.2) is 6.10 Å². The zero-order valence-electron chi connectivity index (χ0n) is 6.13. The van der Waals surface area contributed by atoms with Crippen LogP contribution >= 0.6 is 8.69 Å². The highest BCUT2D eigenvalue weighted by atomic mass is 31.1. The molecule has 0 radical (unpaired) electrons. The summed E-state index contributed by atoms with van der Waals surface area (Å²) < 4.78 is 13.9. The Balaban J connectivity index is 0. The van der Waals surface area contributed by atoms with Gasteiger partial charge >= 0.3 is 8.69 Å². The van der Waals surface area contributed by atoms with Gasteiger partial charge in [-0.1, -0.05) is 6.08 Å². The molecule has 0 saturated heterocycles. The second-order valence-electron chi connectivity index (χ2n) is 1.64. The monoisotopic (exact) mass is 148 g/mol. The SMILES string of the molecule is C=CC.CC(C)OP=O. The molecule has 54 valence electrons. The first-order valence-electron chi connectivity index (χ1n) is 2.74. The molecule has 0 aliphatic carbocycles. The van der Waals surface area contributed by atoms with Crippen molar-refractivity contribution in [3.05, 3.63) is 12.7 Å². The fraction of sp³-hybridized carbons (Fsp3) is 0.667. The van der Waals surface area contributed by atoms with E-state index in [1.807, 2.05) is 20.8 Å². The lowest BCUT2D eigenvalue weighted by Crippen LogP contribution is -1.89. The molecule has 0 N–H and O–H groups in total. The van der Waals surface area contributed by atoms with E-state index in [4.69, 9.17) is 0 Å². The van der Waals surface area contributed by atoms with Crippen LogP contribution in [0.1, 0.15) is 20.8 Å². The van der Waals surface area contributed by atoms with Gasteiger partial charge in [-0.15, -0.1) is 6.58 Å². The van der Waals surface area contributed by atoms with Gasteiger partial charge < -0.3 is 0 Å². The first kappa shape index (κ1) is 11.6. The second-order valence-corrected chi connectivity index (χ2v) is 2.00. The summed E-state index contributed by atoms with van der Waals surface area (Å²) in [5, 5.41) is 0. The summed E-state index contributed by atoms with van der Waals surface area (Å²) in [7, 11) is -0.226. The van der Waals surface area contributed by atoms with Crippen molar-refractivity contribution in [2.75, 3.05) is 0 Å². The summed E-state index contributed by atoms with van der Waals surface area (Å²) in [6.07, 6.45) is 1.82. The standard InChI is InChI=1S/C3H7O2P.C3H6/c1-3(2)5-6-4;1-3-2/h3H,1-2H3;3H,1H2,2H3. The highest BCUT2D eigenvalue weighted by Gasteiger charge is 1.86. The lowest BCUT2D eigenvalue weighted by Gasteiger charge is -1.91. The van der Waals surface area contributed by atoms with Gasteiger partial charge in [-0.3, -0.25) is 4.52 Å². The Labute approximate surface area is 58.2 Å². The molecule has 3 heteroatoms. The predicted molar refractivity (Wildman–Crippen MR) is 39.7 cm³/mol. The molecular formula is C6H13O2P. The Morgan fingerprint density at radius 2 is 2.00 bits per heavy atom. The molecular weight excluding hydrogens is 135 g/mol. The third-order valence-electron chi connectivity index (χ3n) is 0.254. The zero-order valence-corrected chi connectivity index (χ0v) is 7.02. The predicted octanol–water partition coefficient (Wildman–Crippen LogP) is 2.81. The molecule has 0 bridgehead atoms. The number of hydrogen-bond acceptors (Lipinski definition) is 2. The summed E-state index contributed by atoms with van der Waals surface area (Å²) in [5.41, 5.74) is 0. The van der Waals surface area contributed by atoms with Gasteiger partial charge in [0.05, 0.1) is 6.10 Å². The maximum Gasteiger partial charge on any atom is 0.327 e. The average molecular weight is 148 g/mol. The Hall–Kier alpha value is -0.200. The maximum atomic E-state index is 9.49. The van der Waals surface area contributed by atoms with Gasteiger partial charge in [-0.2, -0.15) is 0 Å². The molecule has 0 rings (SSSR count). The van der Waals surface area contributed by atoms with Crippen molar-refractivity contribution < 1.29 is 9.09 Å². The normalized spacial score (nSPS) is 8.44. The third kappa shape index (κ3) is 33.5. The van der Waals surface area contributed by atoms with Crippen LogP contribution in [0.2, 0.25) is 0 Å². The molecule has 0 amide bonds. The molecule has 0 aliphatic heterocycles. The molecule has 2 nitrogen and oxygen atoms in total. The first-order chi connectivity index (χ1) is 4.18. The van der Waals surface area contributed by atoms with Gasteiger partial charge in [-0.25, -0.2) is 4.57 Å². The lowest BCUT2D eigenvalue weighted by molar-refractivity contribution is 0.267. The summed E-state index contributed by atoms with van der Waals surface area (Å²) in [6, 6.07) is 0. The Kier molecular flexibility index (Phi) is 13.8. The minimum absolute atomic E-state index is 0.0733. The summed E-state index contributed by atoms with van der Waals surface area (Å²) in [5.74, 6) is 0. The van der Waals surface area contributed by atoms with Crippen LogP contribution in [0.3, 0.4) is 0 Å². The molecule has 0 aromatic rings. The van der Waals surface area contributed by atoms with Crippen LogP contribution in [0.5, 0.6) is 0 Å². The van der Waals surface area contributed by atoms with Gasteiger partial charge in [0.25, 0.3) is 0 Å². The van der Waals surface area contributed by atoms with Crippen LogP contribution in [0.4, 0.5) is 0 Å². The van der Waals surface area contributed by atoms with Crippen molar-refractivity contribution in [3.8, 4) is 0 Å². The lowest BCUT2D eigenvalue weighted by atomic mass is 10.5. The number of hydrogen-bond donors (Lipinski definition) is 0. The van der Waals surface area contributed by atoms with E-state index in [-0.39, 0.29) is 14.8 Å². The van der Waals surface area contributed by atoms with E-state index >= 15 is 0 Å². The smallest absolute Gasteiger partial charge is 0.292 e. The Bertz CT molecular complexity index is 71.5. The molecule has 0 aromatic heterocycles. The Morgan fingerprint density at radius 1 is 1.67 bits per heavy atom. The van der Waals surface area contributed by atoms with E-state index < -0.39 is 0 Å². The largest absolute Gasteiger partial charge is 0.327 e. The molecule has 0 aromatic carbocycles. The molecule has 9 heavy (non-hydrogen) atoms. The van der Waals surface area contributed by atoms with Crippen LogP contribution in [0, 0.1) is 0 Å². The summed E-state index contributed by atoms with van der Waals surface area (Å²) >= 11 is 0. The number of allylic oxidation sites excluding steroid dienone is 1. The molecule has 0 spiro atoms. The second kappa shape index (κ2) is 10.7. The molecule has 0 heterocycles. The molecule has 0 atom stereocenters. The number of rotatable bonds is 2. The summed E-state index contributed by atoms with van der Waals surface area (Å²) in [4.78, 5) is 0. The fourth-order valence-corrected chi connectivity index (χ4v) is 0.258. The Morgan fingerprint density at radius 3 is 2.00 bits per heavy atom. The fourth-order valence-electron chi connectivity index (χ4n) is 0.0861. The van der Waals surface area contributed by atoms with Gasteiger partial charge in [0.15, 0.2) is 0 Å². The minimum Gasteiger partial charge on any atom is -0.292 e. The van der Waals surface area contributed by atoms with E-state index in [0.717, 1.165) is 0 Å². The van der Waals surface area contributed by atoms with Crippen LogP contribution < -0.4 is 0 Å². The van der Waals surface area contributed by atoms with Gasteiger partial charge in [0.2, 0.25) is 0 Å². The van der Waals surface area contributed by atoms with Crippen molar-refractivity contribution in [1.82, 2.24) is 0 Å². The van der Waals surface area contributed by atoms with E-state index in [0.29, 0.717) is 0 Å². The third-order valence-corrected chi connectivity index (χ3v) is 0.762. The van der Waals surface area contributed by atoms with Crippen molar-refractivity contribution in [1.29, 1.82) is 0 Å². The highest BCUT2D eigenvalue weighted by Crippen LogP contribution is 1.98. The van der Waals surface area contributed by atoms with Crippen molar-refractivity contribution in [3.63, 3.8) is 0 Å². The molecule has 0 fully saturated rings. The summed E-state index contributed by atoms with van der Waals surface area (Å²) in [6.45, 7) is 8.90. The van der Waals surface area contributed by atoms with Gasteiger partial charge in [-0.05, 0) is 20.8 Å². The van der Waals surface area contributed by atoms with Gasteiger partial charge in [0.1, 0.15) is 0 Å². The molecule has 0 saturated carbocycles. The van der Waals surface area contributed by atoms with Crippen LogP contribution in [-0.2, 0) is 9.09 Å². The highest BCUT2D eigenvalue weighted by molar-refractivity contribution is 7.17. The zero-order chi connectivity index (χ0) is 7.70. The van der Waals surface area contributed by atoms with Crippen molar-refractivity contribution in [2.45, 2.75) is 26.9 Å². The minimum atomic E-state index is -0.226. The van der Waals surface area contributed by atoms with Crippen LogP contribution in [0.25, 0.3) is 0 Å². The van der Waals surface area contributed by atoms with E-state index in [2.05, 4.69) is 11.1 Å². The molecule has 0 aliphatic rings. The van der Waals surface area contributed by atoms with Crippen molar-refractivity contribution in [2.24, 2.45) is 0 Å². The quantitative estimate of drug-likeness (QED) is 0.444. The van der Waals surface area contributed by atoms with Gasteiger partial charge in [0, 0.05) is 0 Å². The topological polar surface area (TPSA) is 26.3 Å². The maximum absolute atomic E-state index is 9.49. The van der Waals surface area contributed by atoms with Crippen molar-refractivity contribution >= 4 is 8.69 Å².